The molecule has 5 nitrogen and oxygen atoms in total. The molecular weight excluding hydrogens is 226 g/mol. The summed E-state index contributed by atoms with van der Waals surface area (Å²) in [6.45, 7) is 3.40. The second-order valence-corrected chi connectivity index (χ2v) is 5.35. The molecule has 6 heteroatoms. The van der Waals surface area contributed by atoms with Gasteiger partial charge in [-0.25, -0.2) is 13.6 Å². The third kappa shape index (κ3) is 3.80. The SMILES string of the molecule is CC(CN)CNc1ccc(S(N)(=O)=O)cc1. The summed E-state index contributed by atoms with van der Waals surface area (Å²) in [7, 11) is -3.60. The van der Waals surface area contributed by atoms with E-state index in [-0.39, 0.29) is 4.90 Å². The lowest BCUT2D eigenvalue weighted by atomic mass is 10.2. The molecule has 0 bridgehead atoms. The molecule has 1 rings (SSSR count). The van der Waals surface area contributed by atoms with Crippen LogP contribution in [0.2, 0.25) is 0 Å². The van der Waals surface area contributed by atoms with Gasteiger partial charge in [-0.2, -0.15) is 0 Å². The lowest BCUT2D eigenvalue weighted by Crippen LogP contribution is -2.19. The van der Waals surface area contributed by atoms with Crippen LogP contribution < -0.4 is 16.2 Å². The van der Waals surface area contributed by atoms with Crippen LogP contribution in [0.1, 0.15) is 6.92 Å². The normalized spacial score (nSPS) is 13.4. The highest BCUT2D eigenvalue weighted by molar-refractivity contribution is 7.89. The molecule has 0 fully saturated rings. The monoisotopic (exact) mass is 243 g/mol. The second-order valence-electron chi connectivity index (χ2n) is 3.79. The fourth-order valence-electron chi connectivity index (χ4n) is 1.14. The molecule has 0 aliphatic rings. The first-order valence-electron chi connectivity index (χ1n) is 5.00. The molecule has 90 valence electrons. The van der Waals surface area contributed by atoms with Crippen molar-refractivity contribution in [3.05, 3.63) is 24.3 Å². The number of nitrogens with two attached hydrogens (primary N) is 2. The van der Waals surface area contributed by atoms with E-state index in [1.165, 1.54) is 12.1 Å². The van der Waals surface area contributed by atoms with Gasteiger partial charge in [0.1, 0.15) is 0 Å². The average molecular weight is 243 g/mol. The Morgan fingerprint density at radius 1 is 1.31 bits per heavy atom. The Morgan fingerprint density at radius 2 is 1.88 bits per heavy atom. The van der Waals surface area contributed by atoms with Gasteiger partial charge in [-0.1, -0.05) is 6.92 Å². The van der Waals surface area contributed by atoms with Gasteiger partial charge in [0.25, 0.3) is 0 Å². The maximum absolute atomic E-state index is 11.0. The third-order valence-electron chi connectivity index (χ3n) is 2.24. The number of rotatable bonds is 5. The summed E-state index contributed by atoms with van der Waals surface area (Å²) in [5.41, 5.74) is 6.34. The highest BCUT2D eigenvalue weighted by atomic mass is 32.2. The van der Waals surface area contributed by atoms with Crippen molar-refractivity contribution in [3.63, 3.8) is 0 Å². The van der Waals surface area contributed by atoms with Gasteiger partial charge in [-0.05, 0) is 36.7 Å². The van der Waals surface area contributed by atoms with E-state index in [1.54, 1.807) is 12.1 Å². The summed E-state index contributed by atoms with van der Waals surface area (Å²) in [5.74, 6) is 0.373. The maximum Gasteiger partial charge on any atom is 0.238 e. The van der Waals surface area contributed by atoms with E-state index in [0.29, 0.717) is 12.5 Å². The van der Waals surface area contributed by atoms with Crippen LogP contribution in [0.4, 0.5) is 5.69 Å². The minimum Gasteiger partial charge on any atom is -0.385 e. The molecule has 5 N–H and O–H groups in total. The van der Waals surface area contributed by atoms with E-state index < -0.39 is 10.0 Å². The largest absolute Gasteiger partial charge is 0.385 e. The lowest BCUT2D eigenvalue weighted by molar-refractivity contribution is 0.598. The van der Waals surface area contributed by atoms with Gasteiger partial charge < -0.3 is 11.1 Å². The van der Waals surface area contributed by atoms with Crippen LogP contribution in [0.3, 0.4) is 0 Å². The van der Waals surface area contributed by atoms with Crippen LogP contribution in [0, 0.1) is 5.92 Å². The number of benzene rings is 1. The van der Waals surface area contributed by atoms with E-state index in [4.69, 9.17) is 10.9 Å². The molecule has 0 radical (unpaired) electrons. The molecule has 16 heavy (non-hydrogen) atoms. The molecule has 1 aromatic carbocycles. The van der Waals surface area contributed by atoms with Crippen LogP contribution >= 0.6 is 0 Å². The number of anilines is 1. The number of nitrogens with one attached hydrogen (secondary N) is 1. The van der Waals surface area contributed by atoms with E-state index in [9.17, 15) is 8.42 Å². The molecule has 0 amide bonds. The Kier molecular flexibility index (Phi) is 4.28. The number of primary sulfonamides is 1. The molecular formula is C10H17N3O2S. The quantitative estimate of drug-likeness (QED) is 0.694. The van der Waals surface area contributed by atoms with E-state index in [1.807, 2.05) is 6.92 Å². The zero-order valence-corrected chi connectivity index (χ0v) is 10.00. The lowest BCUT2D eigenvalue weighted by Gasteiger charge is -2.11. The van der Waals surface area contributed by atoms with E-state index in [2.05, 4.69) is 5.32 Å². The second kappa shape index (κ2) is 5.29. The van der Waals surface area contributed by atoms with Crippen molar-refractivity contribution in [1.29, 1.82) is 0 Å². The highest BCUT2D eigenvalue weighted by Crippen LogP contribution is 2.12. The Bertz CT molecular complexity index is 428. The Labute approximate surface area is 95.9 Å². The van der Waals surface area contributed by atoms with Crippen molar-refractivity contribution in [2.24, 2.45) is 16.8 Å². The first-order chi connectivity index (χ1) is 7.43. The van der Waals surface area contributed by atoms with E-state index >= 15 is 0 Å². The van der Waals surface area contributed by atoms with Gasteiger partial charge in [-0.3, -0.25) is 0 Å². The smallest absolute Gasteiger partial charge is 0.238 e. The molecule has 1 unspecified atom stereocenters. The van der Waals surface area contributed by atoms with Crippen LogP contribution in [0.25, 0.3) is 0 Å². The van der Waals surface area contributed by atoms with Crippen molar-refractivity contribution >= 4 is 15.7 Å². The molecule has 0 spiro atoms. The molecule has 0 saturated heterocycles. The number of hydrogen-bond acceptors (Lipinski definition) is 4. The molecule has 0 aliphatic heterocycles. The minimum absolute atomic E-state index is 0.116. The van der Waals surface area contributed by atoms with Gasteiger partial charge in [0.15, 0.2) is 0 Å². The van der Waals surface area contributed by atoms with Gasteiger partial charge in [0.2, 0.25) is 10.0 Å². The zero-order valence-electron chi connectivity index (χ0n) is 9.18. The van der Waals surface area contributed by atoms with Crippen molar-refractivity contribution < 1.29 is 8.42 Å². The predicted molar refractivity (Wildman–Crippen MR) is 64.5 cm³/mol. The molecule has 1 atom stereocenters. The van der Waals surface area contributed by atoms with Gasteiger partial charge in [0.05, 0.1) is 4.90 Å². The Hall–Kier alpha value is -1.11. The maximum atomic E-state index is 11.0. The molecule has 1 aromatic rings. The van der Waals surface area contributed by atoms with Crippen LogP contribution in [-0.2, 0) is 10.0 Å². The van der Waals surface area contributed by atoms with Crippen molar-refractivity contribution in [2.45, 2.75) is 11.8 Å². The topological polar surface area (TPSA) is 98.2 Å². The summed E-state index contributed by atoms with van der Waals surface area (Å²) in [6, 6.07) is 6.32. The summed E-state index contributed by atoms with van der Waals surface area (Å²) < 4.78 is 22.0. The fraction of sp³-hybridized carbons (Fsp3) is 0.400. The molecule has 0 heterocycles. The summed E-state index contributed by atoms with van der Waals surface area (Å²) >= 11 is 0. The summed E-state index contributed by atoms with van der Waals surface area (Å²) in [5, 5.41) is 8.14. The van der Waals surface area contributed by atoms with Crippen molar-refractivity contribution in [2.75, 3.05) is 18.4 Å². The Morgan fingerprint density at radius 3 is 2.31 bits per heavy atom. The fourth-order valence-corrected chi connectivity index (χ4v) is 1.65. The summed E-state index contributed by atoms with van der Waals surface area (Å²) in [6.07, 6.45) is 0. The Balaban J connectivity index is 2.66. The van der Waals surface area contributed by atoms with Gasteiger partial charge in [0, 0.05) is 12.2 Å². The average Bonchev–Trinajstić information content (AvgIpc) is 2.25. The molecule has 0 aliphatic carbocycles. The molecule has 0 saturated carbocycles. The first-order valence-corrected chi connectivity index (χ1v) is 6.55. The molecule has 0 aromatic heterocycles. The van der Waals surface area contributed by atoms with Crippen molar-refractivity contribution in [1.82, 2.24) is 0 Å². The zero-order chi connectivity index (χ0) is 12.2. The van der Waals surface area contributed by atoms with Crippen molar-refractivity contribution in [3.8, 4) is 0 Å². The highest BCUT2D eigenvalue weighted by Gasteiger charge is 2.06. The number of hydrogen-bond donors (Lipinski definition) is 3. The third-order valence-corrected chi connectivity index (χ3v) is 3.17. The van der Waals surface area contributed by atoms with Crippen LogP contribution in [0.5, 0.6) is 0 Å². The standard InChI is InChI=1S/C10H17N3O2S/c1-8(6-11)7-13-9-2-4-10(5-3-9)16(12,14)15/h2-5,8,13H,6-7,11H2,1H3,(H2,12,14,15). The minimum atomic E-state index is -3.60. The van der Waals surface area contributed by atoms with Crippen LogP contribution in [0.15, 0.2) is 29.2 Å². The first kappa shape index (κ1) is 13.0. The van der Waals surface area contributed by atoms with Gasteiger partial charge in [-0.15, -0.1) is 0 Å². The predicted octanol–water partition coefficient (Wildman–Crippen LogP) is 0.341. The van der Waals surface area contributed by atoms with Gasteiger partial charge >= 0.3 is 0 Å². The van der Waals surface area contributed by atoms with E-state index in [0.717, 1.165) is 12.2 Å². The number of sulfonamides is 1. The van der Waals surface area contributed by atoms with Crippen LogP contribution in [-0.4, -0.2) is 21.5 Å². The summed E-state index contributed by atoms with van der Waals surface area (Å²) in [4.78, 5) is 0.116.